The molecule has 0 aliphatic heterocycles. The maximum atomic E-state index is 13.4. The number of methoxy groups -OCH3 is 1. The highest BCUT2D eigenvalue weighted by Crippen LogP contribution is 2.27. The van der Waals surface area contributed by atoms with Crippen molar-refractivity contribution in [2.45, 2.75) is 13.3 Å². The average Bonchev–Trinajstić information content (AvgIpc) is 2.58. The zero-order valence-electron chi connectivity index (χ0n) is 14.0. The summed E-state index contributed by atoms with van der Waals surface area (Å²) >= 11 is 5.93. The highest BCUT2D eigenvalue weighted by molar-refractivity contribution is 6.31. The lowest BCUT2D eigenvalue weighted by molar-refractivity contribution is -0.116. The van der Waals surface area contributed by atoms with Crippen molar-refractivity contribution in [2.24, 2.45) is 0 Å². The number of hydrogen-bond donors (Lipinski definition) is 1. The predicted octanol–water partition coefficient (Wildman–Crippen LogP) is 4.48. The Labute approximate surface area is 150 Å². The molecule has 0 saturated carbocycles. The second-order valence-electron chi connectivity index (χ2n) is 5.32. The van der Waals surface area contributed by atoms with Gasteiger partial charge < -0.3 is 15.0 Å². The minimum absolute atomic E-state index is 0.169. The van der Waals surface area contributed by atoms with Crippen LogP contribution in [0.3, 0.4) is 0 Å². The van der Waals surface area contributed by atoms with E-state index in [2.05, 4.69) is 5.32 Å². The van der Waals surface area contributed by atoms with Crippen LogP contribution >= 0.6 is 11.6 Å². The summed E-state index contributed by atoms with van der Waals surface area (Å²) in [7, 11) is 1.50. The lowest BCUT2D eigenvalue weighted by atomic mass is 10.2. The topological polar surface area (TPSA) is 41.6 Å². The van der Waals surface area contributed by atoms with Crippen molar-refractivity contribution in [3.8, 4) is 5.75 Å². The number of ether oxygens (including phenoxy) is 1. The third-order valence-corrected chi connectivity index (χ3v) is 3.93. The van der Waals surface area contributed by atoms with E-state index in [0.717, 1.165) is 12.1 Å². The lowest BCUT2D eigenvalue weighted by Gasteiger charge is -2.23. The fourth-order valence-electron chi connectivity index (χ4n) is 2.38. The number of benzene rings is 2. The van der Waals surface area contributed by atoms with E-state index in [-0.39, 0.29) is 12.3 Å². The Kier molecular flexibility index (Phi) is 6.58. The molecule has 0 atom stereocenters. The van der Waals surface area contributed by atoms with Crippen LogP contribution in [-0.4, -0.2) is 26.1 Å². The van der Waals surface area contributed by atoms with Gasteiger partial charge in [0.2, 0.25) is 5.91 Å². The predicted molar refractivity (Wildman–Crippen MR) is 95.5 cm³/mol. The summed E-state index contributed by atoms with van der Waals surface area (Å²) in [5.74, 6) is -1.54. The van der Waals surface area contributed by atoms with Gasteiger partial charge in [0.15, 0.2) is 11.6 Å². The Bertz CT molecular complexity index is 756. The SMILES string of the molecule is CCN(CCC(=O)Nc1cc(Cl)ccc1OC)c1ccc(F)c(F)c1. The van der Waals surface area contributed by atoms with Crippen molar-refractivity contribution in [1.82, 2.24) is 0 Å². The summed E-state index contributed by atoms with van der Waals surface area (Å²) < 4.78 is 31.6. The molecular weight excluding hydrogens is 350 g/mol. The second-order valence-corrected chi connectivity index (χ2v) is 5.76. The molecule has 134 valence electrons. The third kappa shape index (κ3) is 5.06. The van der Waals surface area contributed by atoms with Gasteiger partial charge in [-0.3, -0.25) is 4.79 Å². The van der Waals surface area contributed by atoms with Crippen LogP contribution < -0.4 is 15.0 Å². The van der Waals surface area contributed by atoms with Crippen LogP contribution in [-0.2, 0) is 4.79 Å². The molecule has 0 heterocycles. The molecule has 2 rings (SSSR count). The van der Waals surface area contributed by atoms with Crippen LogP contribution in [0.4, 0.5) is 20.2 Å². The standard InChI is InChI=1S/C18H19ClF2N2O2/c1-3-23(13-5-6-14(20)15(21)11-13)9-8-18(24)22-16-10-12(19)4-7-17(16)25-2/h4-7,10-11H,3,8-9H2,1-2H3,(H,22,24). The molecule has 0 unspecified atom stereocenters. The van der Waals surface area contributed by atoms with E-state index in [4.69, 9.17) is 16.3 Å². The van der Waals surface area contributed by atoms with Crippen LogP contribution in [0.15, 0.2) is 36.4 Å². The molecule has 0 aliphatic carbocycles. The molecule has 0 bridgehead atoms. The molecule has 0 spiro atoms. The Balaban J connectivity index is 2.00. The molecule has 4 nitrogen and oxygen atoms in total. The number of nitrogens with one attached hydrogen (secondary N) is 1. The molecule has 0 aromatic heterocycles. The van der Waals surface area contributed by atoms with Crippen LogP contribution in [0.5, 0.6) is 5.75 Å². The number of rotatable bonds is 7. The van der Waals surface area contributed by atoms with Crippen molar-refractivity contribution in [1.29, 1.82) is 0 Å². The monoisotopic (exact) mass is 368 g/mol. The molecule has 2 aromatic rings. The summed E-state index contributed by atoms with van der Waals surface area (Å²) in [6.07, 6.45) is 0.169. The molecular formula is C18H19ClF2N2O2. The Morgan fingerprint density at radius 3 is 2.60 bits per heavy atom. The van der Waals surface area contributed by atoms with Crippen molar-refractivity contribution in [2.75, 3.05) is 30.4 Å². The Hall–Kier alpha value is -2.34. The first-order chi connectivity index (χ1) is 11.9. The van der Waals surface area contributed by atoms with Gasteiger partial charge in [-0.25, -0.2) is 8.78 Å². The van der Waals surface area contributed by atoms with Crippen molar-refractivity contribution in [3.05, 3.63) is 53.1 Å². The number of hydrogen-bond acceptors (Lipinski definition) is 3. The third-order valence-electron chi connectivity index (χ3n) is 3.69. The van der Waals surface area contributed by atoms with E-state index < -0.39 is 11.6 Å². The van der Waals surface area contributed by atoms with Gasteiger partial charge in [0.05, 0.1) is 12.8 Å². The number of nitrogens with zero attached hydrogens (tertiary/aromatic N) is 1. The van der Waals surface area contributed by atoms with Crippen LogP contribution in [0.25, 0.3) is 0 Å². The van der Waals surface area contributed by atoms with Crippen LogP contribution in [0.1, 0.15) is 13.3 Å². The number of amides is 1. The Morgan fingerprint density at radius 1 is 1.20 bits per heavy atom. The van der Waals surface area contributed by atoms with Gasteiger partial charge in [-0.05, 0) is 37.3 Å². The van der Waals surface area contributed by atoms with Gasteiger partial charge in [0, 0.05) is 36.3 Å². The van der Waals surface area contributed by atoms with Gasteiger partial charge in [0.1, 0.15) is 5.75 Å². The molecule has 0 radical (unpaired) electrons. The molecule has 25 heavy (non-hydrogen) atoms. The first-order valence-electron chi connectivity index (χ1n) is 7.78. The number of halogens is 3. The summed E-state index contributed by atoms with van der Waals surface area (Å²) in [6.45, 7) is 2.79. The van der Waals surface area contributed by atoms with Crippen LogP contribution in [0, 0.1) is 11.6 Å². The summed E-state index contributed by atoms with van der Waals surface area (Å²) in [5.41, 5.74) is 1.01. The van der Waals surface area contributed by atoms with E-state index in [1.165, 1.54) is 13.2 Å². The van der Waals surface area contributed by atoms with E-state index >= 15 is 0 Å². The molecule has 2 aromatic carbocycles. The first-order valence-corrected chi connectivity index (χ1v) is 8.15. The van der Waals surface area contributed by atoms with E-state index in [9.17, 15) is 13.6 Å². The van der Waals surface area contributed by atoms with Crippen molar-refractivity contribution >= 4 is 28.9 Å². The molecule has 1 amide bonds. The smallest absolute Gasteiger partial charge is 0.226 e. The first kappa shape index (κ1) is 19.0. The van der Waals surface area contributed by atoms with E-state index in [1.54, 1.807) is 23.1 Å². The Morgan fingerprint density at radius 2 is 1.96 bits per heavy atom. The largest absolute Gasteiger partial charge is 0.495 e. The number of carbonyl (C=O) groups excluding carboxylic acids is 1. The maximum Gasteiger partial charge on any atom is 0.226 e. The number of anilines is 2. The minimum Gasteiger partial charge on any atom is -0.495 e. The summed E-state index contributed by atoms with van der Waals surface area (Å²) in [5, 5.41) is 3.22. The molecule has 7 heteroatoms. The van der Waals surface area contributed by atoms with Gasteiger partial charge in [-0.15, -0.1) is 0 Å². The quantitative estimate of drug-likeness (QED) is 0.783. The zero-order chi connectivity index (χ0) is 18.4. The lowest BCUT2D eigenvalue weighted by Crippen LogP contribution is -2.27. The normalized spacial score (nSPS) is 10.4. The van der Waals surface area contributed by atoms with Gasteiger partial charge >= 0.3 is 0 Å². The molecule has 0 fully saturated rings. The van der Waals surface area contributed by atoms with Crippen LogP contribution in [0.2, 0.25) is 5.02 Å². The van der Waals surface area contributed by atoms with Gasteiger partial charge in [0.25, 0.3) is 0 Å². The maximum absolute atomic E-state index is 13.4. The van der Waals surface area contributed by atoms with E-state index in [0.29, 0.717) is 35.2 Å². The molecule has 1 N–H and O–H groups in total. The summed E-state index contributed by atoms with van der Waals surface area (Å²) in [4.78, 5) is 14.0. The minimum atomic E-state index is -0.913. The highest BCUT2D eigenvalue weighted by Gasteiger charge is 2.12. The number of carbonyl (C=O) groups is 1. The van der Waals surface area contributed by atoms with E-state index in [1.807, 2.05) is 6.92 Å². The van der Waals surface area contributed by atoms with Crippen molar-refractivity contribution in [3.63, 3.8) is 0 Å². The molecule has 0 saturated heterocycles. The van der Waals surface area contributed by atoms with Gasteiger partial charge in [-0.2, -0.15) is 0 Å². The molecule has 0 aliphatic rings. The van der Waals surface area contributed by atoms with Crippen molar-refractivity contribution < 1.29 is 18.3 Å². The average molecular weight is 369 g/mol. The van der Waals surface area contributed by atoms with Gasteiger partial charge in [-0.1, -0.05) is 11.6 Å². The fraction of sp³-hybridized carbons (Fsp3) is 0.278. The summed E-state index contributed by atoms with van der Waals surface area (Å²) in [6, 6.07) is 8.61. The zero-order valence-corrected chi connectivity index (χ0v) is 14.7. The fourth-order valence-corrected chi connectivity index (χ4v) is 2.55. The second kappa shape index (κ2) is 8.67. The highest BCUT2D eigenvalue weighted by atomic mass is 35.5.